The largest absolute Gasteiger partial charge is 0.439 e. The zero-order valence-electron chi connectivity index (χ0n) is 17.9. The molecule has 158 valence electrons. The Morgan fingerprint density at radius 3 is 2.61 bits per heavy atom. The molecule has 4 aromatic rings. The fourth-order valence-electron chi connectivity index (χ4n) is 2.65. The molecule has 3 N–H and O–H groups in total. The third-order valence-corrected chi connectivity index (χ3v) is 4.01. The van der Waals surface area contributed by atoms with Gasteiger partial charge in [0.2, 0.25) is 17.7 Å². The van der Waals surface area contributed by atoms with Crippen LogP contribution in [0.3, 0.4) is 0 Å². The minimum Gasteiger partial charge on any atom is -0.439 e. The smallest absolute Gasteiger partial charge is 0.416 e. The van der Waals surface area contributed by atoms with E-state index in [1.807, 2.05) is 0 Å². The van der Waals surface area contributed by atoms with Crippen molar-refractivity contribution in [1.29, 1.82) is 0 Å². The van der Waals surface area contributed by atoms with Crippen molar-refractivity contribution in [2.24, 2.45) is 0 Å². The van der Waals surface area contributed by atoms with Crippen molar-refractivity contribution >= 4 is 17.7 Å². The quantitative estimate of drug-likeness (QED) is 0.441. The van der Waals surface area contributed by atoms with Gasteiger partial charge in [-0.1, -0.05) is 11.2 Å². The van der Waals surface area contributed by atoms with Gasteiger partial charge in [0.15, 0.2) is 2.82 Å². The van der Waals surface area contributed by atoms with Crippen LogP contribution in [0.15, 0.2) is 59.0 Å². The number of alkyl halides is 3. The Kier molecular flexibility index (Phi) is 4.53. The van der Waals surface area contributed by atoms with Crippen LogP contribution in [-0.2, 0) is 6.18 Å². The molecule has 0 amide bonds. The van der Waals surface area contributed by atoms with Crippen LogP contribution in [0.2, 0.25) is 2.82 Å². The van der Waals surface area contributed by atoms with Crippen LogP contribution in [0.5, 0.6) is 11.6 Å². The summed E-state index contributed by atoms with van der Waals surface area (Å²) in [6.07, 6.45) is -4.46. The molecule has 0 fully saturated rings. The average Bonchev–Trinajstić information content (AvgIpc) is 3.22. The first-order chi connectivity index (χ1) is 15.7. The maximum atomic E-state index is 12.9. The molecule has 0 radical (unpaired) electrons. The maximum absolute atomic E-state index is 12.9. The number of nitrogens with zero attached hydrogens (tertiary/aromatic N) is 4. The van der Waals surface area contributed by atoms with E-state index in [1.54, 1.807) is 37.3 Å². The SMILES string of the molecule is [2H]N([2H])c1nc(C)cc(Oc2ccc(-c3nnc(Nc4cccc(C(F)(F)F)c4)o3)cc2)n1. The number of nitrogens with one attached hydrogen (secondary N) is 1. The zero-order valence-corrected chi connectivity index (χ0v) is 15.9. The molecule has 0 unspecified atom stereocenters. The minimum absolute atomic E-state index is 0.0658. The zero-order chi connectivity index (χ0) is 23.6. The van der Waals surface area contributed by atoms with Gasteiger partial charge < -0.3 is 20.2 Å². The van der Waals surface area contributed by atoms with E-state index in [2.05, 4.69) is 25.5 Å². The minimum atomic E-state index is -4.46. The lowest BCUT2D eigenvalue weighted by molar-refractivity contribution is -0.137. The van der Waals surface area contributed by atoms with E-state index in [-0.39, 0.29) is 35.1 Å². The van der Waals surface area contributed by atoms with Crippen LogP contribution in [0.25, 0.3) is 11.5 Å². The molecular formula is C20H15F3N6O2. The van der Waals surface area contributed by atoms with E-state index in [0.717, 1.165) is 12.1 Å². The Morgan fingerprint density at radius 1 is 1.06 bits per heavy atom. The predicted octanol–water partition coefficient (Wildman–Crippen LogP) is 4.97. The van der Waals surface area contributed by atoms with Crippen LogP contribution < -0.4 is 15.8 Å². The molecule has 2 heterocycles. The molecule has 0 bridgehead atoms. The first-order valence-electron chi connectivity index (χ1n) is 9.76. The first kappa shape index (κ1) is 17.7. The van der Waals surface area contributed by atoms with Gasteiger partial charge in [0.1, 0.15) is 5.75 Å². The summed E-state index contributed by atoms with van der Waals surface area (Å²) in [7, 11) is 0. The standard InChI is InChI=1S/C20H15F3N6O2/c1-11-9-16(27-18(24)25-11)30-15-7-5-12(6-8-15)17-28-29-19(31-17)26-14-4-2-3-13(10-14)20(21,22)23/h2-10H,1H3,(H,26,29)(H2,24,25,27)/i/hD2. The van der Waals surface area contributed by atoms with Crippen molar-refractivity contribution in [3.05, 3.63) is 65.9 Å². The maximum Gasteiger partial charge on any atom is 0.416 e. The summed E-state index contributed by atoms with van der Waals surface area (Å²) in [6, 6.07) is 12.7. The summed E-state index contributed by atoms with van der Waals surface area (Å²) < 4.78 is 64.3. The highest BCUT2D eigenvalue weighted by Crippen LogP contribution is 2.32. The molecule has 4 rings (SSSR count). The summed E-state index contributed by atoms with van der Waals surface area (Å²) in [6.45, 7) is 1.69. The summed E-state index contributed by atoms with van der Waals surface area (Å²) >= 11 is 0. The number of hydrogen-bond donors (Lipinski definition) is 2. The normalized spacial score (nSPS) is 12.1. The monoisotopic (exact) mass is 430 g/mol. The van der Waals surface area contributed by atoms with Gasteiger partial charge in [-0.25, -0.2) is 4.98 Å². The Balaban J connectivity index is 1.46. The molecule has 0 saturated carbocycles. The Hall–Kier alpha value is -4.15. The highest BCUT2D eigenvalue weighted by molar-refractivity contribution is 5.58. The molecule has 0 aliphatic rings. The number of benzene rings is 2. The van der Waals surface area contributed by atoms with E-state index < -0.39 is 11.7 Å². The van der Waals surface area contributed by atoms with Gasteiger partial charge in [-0.05, 0) is 49.4 Å². The van der Waals surface area contributed by atoms with Crippen LogP contribution in [0.1, 0.15) is 11.3 Å². The van der Waals surface area contributed by atoms with Crippen LogP contribution in [-0.4, -0.2) is 20.2 Å². The molecule has 0 saturated heterocycles. The number of rotatable bonds is 6. The van der Waals surface area contributed by atoms with Crippen molar-refractivity contribution in [1.82, 2.24) is 20.2 Å². The molecule has 2 aromatic carbocycles. The average molecular weight is 430 g/mol. The topological polar surface area (TPSA) is 112 Å². The highest BCUT2D eigenvalue weighted by Gasteiger charge is 2.30. The third-order valence-electron chi connectivity index (χ3n) is 4.01. The second-order valence-corrected chi connectivity index (χ2v) is 6.39. The van der Waals surface area contributed by atoms with E-state index in [4.69, 9.17) is 12.0 Å². The summed E-state index contributed by atoms with van der Waals surface area (Å²) in [5.74, 6) is 0.606. The second kappa shape index (κ2) is 7.94. The highest BCUT2D eigenvalue weighted by atomic mass is 19.4. The number of aromatic nitrogens is 4. The lowest BCUT2D eigenvalue weighted by Gasteiger charge is -2.08. The molecule has 8 nitrogen and oxygen atoms in total. The molecule has 0 spiro atoms. The van der Waals surface area contributed by atoms with Crippen molar-refractivity contribution in [3.63, 3.8) is 0 Å². The third kappa shape index (κ3) is 4.89. The number of ether oxygens (including phenoxy) is 1. The molecule has 31 heavy (non-hydrogen) atoms. The van der Waals surface area contributed by atoms with Crippen molar-refractivity contribution in [2.75, 3.05) is 11.0 Å². The molecule has 0 aliphatic carbocycles. The van der Waals surface area contributed by atoms with E-state index in [1.165, 1.54) is 12.1 Å². The number of anilines is 3. The predicted molar refractivity (Wildman–Crippen MR) is 106 cm³/mol. The molecule has 2 aromatic heterocycles. The molecule has 0 aliphatic heterocycles. The fraction of sp³-hybridized carbons (Fsp3) is 0.100. The number of hydrogen-bond acceptors (Lipinski definition) is 8. The Bertz CT molecular complexity index is 1270. The van der Waals surface area contributed by atoms with Gasteiger partial charge in [-0.3, -0.25) is 0 Å². The van der Waals surface area contributed by atoms with Gasteiger partial charge >= 0.3 is 12.2 Å². The van der Waals surface area contributed by atoms with Crippen molar-refractivity contribution < 1.29 is 25.1 Å². The van der Waals surface area contributed by atoms with Crippen LogP contribution in [0, 0.1) is 6.92 Å². The number of nitrogen functional groups attached to an aromatic ring is 1. The van der Waals surface area contributed by atoms with Gasteiger partial charge in [0, 0.05) is 23.0 Å². The molecule has 0 atom stereocenters. The molecule has 11 heteroatoms. The number of nitrogens with two attached hydrogens (primary N) is 1. The number of aryl methyl sites for hydroxylation is 1. The van der Waals surface area contributed by atoms with Crippen LogP contribution in [0.4, 0.5) is 30.8 Å². The number of halogens is 3. The van der Waals surface area contributed by atoms with Crippen molar-refractivity contribution in [2.45, 2.75) is 13.1 Å². The Labute approximate surface area is 176 Å². The van der Waals surface area contributed by atoms with Gasteiger partial charge in [0.25, 0.3) is 0 Å². The fourth-order valence-corrected chi connectivity index (χ4v) is 2.65. The summed E-state index contributed by atoms with van der Waals surface area (Å²) in [5.41, 5.74) is 0.718. The first-order valence-corrected chi connectivity index (χ1v) is 8.87. The lowest BCUT2D eigenvalue weighted by Crippen LogP contribution is -2.05. The second-order valence-electron chi connectivity index (χ2n) is 6.39. The van der Waals surface area contributed by atoms with Gasteiger partial charge in [-0.15, -0.1) is 5.10 Å². The van der Waals surface area contributed by atoms with Crippen molar-refractivity contribution in [3.8, 4) is 23.1 Å². The lowest BCUT2D eigenvalue weighted by atomic mass is 10.2. The van der Waals surface area contributed by atoms with Gasteiger partial charge in [-0.2, -0.15) is 18.2 Å². The molecular weight excluding hydrogens is 413 g/mol. The van der Waals surface area contributed by atoms with Gasteiger partial charge in [0.05, 0.1) is 5.56 Å². The van der Waals surface area contributed by atoms with Crippen LogP contribution >= 0.6 is 0 Å². The van der Waals surface area contributed by atoms with E-state index >= 15 is 0 Å². The summed E-state index contributed by atoms with van der Waals surface area (Å²) in [5, 5.41) is 10.4. The van der Waals surface area contributed by atoms with E-state index in [9.17, 15) is 13.2 Å². The Morgan fingerprint density at radius 2 is 1.87 bits per heavy atom. The van der Waals surface area contributed by atoms with E-state index in [0.29, 0.717) is 17.0 Å². The summed E-state index contributed by atoms with van der Waals surface area (Å²) in [4.78, 5) is 7.92.